The van der Waals surface area contributed by atoms with Crippen LogP contribution in [0.3, 0.4) is 0 Å². The largest absolute Gasteiger partial charge is 0.305 e. The molecule has 0 saturated heterocycles. The molecule has 0 bridgehead atoms. The summed E-state index contributed by atoms with van der Waals surface area (Å²) in [5.41, 5.74) is 5.03. The summed E-state index contributed by atoms with van der Waals surface area (Å²) in [5.74, 6) is 0. The third-order valence-corrected chi connectivity index (χ3v) is 2.85. The molecular formula is C12H16BNS. The highest BCUT2D eigenvalue weighted by Crippen LogP contribution is 2.23. The van der Waals surface area contributed by atoms with Gasteiger partial charge in [0, 0.05) is 10.6 Å². The molecule has 1 aromatic rings. The number of thiol groups is 1. The van der Waals surface area contributed by atoms with Gasteiger partial charge < -0.3 is 5.41 Å². The van der Waals surface area contributed by atoms with Crippen LogP contribution in [-0.4, -0.2) is 13.6 Å². The van der Waals surface area contributed by atoms with E-state index in [1.165, 1.54) is 5.47 Å². The van der Waals surface area contributed by atoms with Crippen LogP contribution < -0.4 is 0 Å². The number of nitrogens with one attached hydrogen (secondary N) is 1. The first-order chi connectivity index (χ1) is 6.93. The van der Waals surface area contributed by atoms with Gasteiger partial charge >= 0.3 is 0 Å². The molecule has 0 heterocycles. The van der Waals surface area contributed by atoms with Gasteiger partial charge in [-0.3, -0.25) is 0 Å². The Hall–Kier alpha value is -0.955. The summed E-state index contributed by atoms with van der Waals surface area (Å²) in [5, 5.41) is 7.76. The Balaban J connectivity index is 3.32. The summed E-state index contributed by atoms with van der Waals surface area (Å²) < 4.78 is 0. The third kappa shape index (κ3) is 2.75. The Labute approximate surface area is 97.9 Å². The first-order valence-electron chi connectivity index (χ1n) is 4.96. The highest BCUT2D eigenvalue weighted by atomic mass is 32.1. The normalized spacial score (nSPS) is 12.3. The number of benzene rings is 1. The topological polar surface area (TPSA) is 23.9 Å². The molecule has 1 rings (SSSR count). The molecule has 0 aliphatic carbocycles. The minimum Gasteiger partial charge on any atom is -0.305 e. The Morgan fingerprint density at radius 3 is 2.33 bits per heavy atom. The maximum Gasteiger partial charge on any atom is 0.134 e. The van der Waals surface area contributed by atoms with E-state index in [0.717, 1.165) is 21.6 Å². The van der Waals surface area contributed by atoms with Crippen molar-refractivity contribution in [2.45, 2.75) is 25.7 Å². The zero-order chi connectivity index (χ0) is 11.6. The fraction of sp³-hybridized carbons (Fsp3) is 0.250. The Bertz CT molecular complexity index is 431. The van der Waals surface area contributed by atoms with Crippen molar-refractivity contribution in [2.24, 2.45) is 0 Å². The standard InChI is InChI=1S/C12H16BNS/c1-7-4-5-10(6-11(7)15)12(8(2)13)9(3)14/h4-6,14-15H,13H2,1-3H3/b12-8+,14-9?. The SMILES string of the molecule is B/C(C)=C(\C(C)=N)c1ccc(C)c(S)c1. The van der Waals surface area contributed by atoms with Crippen LogP contribution in [0.1, 0.15) is 25.0 Å². The van der Waals surface area contributed by atoms with E-state index in [4.69, 9.17) is 5.41 Å². The second-order valence-corrected chi connectivity index (χ2v) is 4.48. The Morgan fingerprint density at radius 2 is 1.93 bits per heavy atom. The molecule has 3 heteroatoms. The molecule has 0 aromatic heterocycles. The van der Waals surface area contributed by atoms with Crippen LogP contribution in [0.25, 0.3) is 5.57 Å². The zero-order valence-corrected chi connectivity index (χ0v) is 10.6. The van der Waals surface area contributed by atoms with Gasteiger partial charge in [-0.15, -0.1) is 18.1 Å². The van der Waals surface area contributed by atoms with Gasteiger partial charge in [0.1, 0.15) is 7.85 Å². The highest BCUT2D eigenvalue weighted by Gasteiger charge is 2.06. The fourth-order valence-corrected chi connectivity index (χ4v) is 1.86. The minimum atomic E-state index is 0.603. The lowest BCUT2D eigenvalue weighted by molar-refractivity contribution is 1.30. The summed E-state index contributed by atoms with van der Waals surface area (Å²) >= 11 is 4.41. The summed E-state index contributed by atoms with van der Waals surface area (Å²) in [6.45, 7) is 5.89. The van der Waals surface area contributed by atoms with Gasteiger partial charge in [-0.1, -0.05) is 19.1 Å². The first kappa shape index (κ1) is 12.1. The average molecular weight is 217 g/mol. The predicted molar refractivity (Wildman–Crippen MR) is 73.0 cm³/mol. The van der Waals surface area contributed by atoms with Crippen LogP contribution in [-0.2, 0) is 0 Å². The molecule has 0 fully saturated rings. The molecule has 15 heavy (non-hydrogen) atoms. The lowest BCUT2D eigenvalue weighted by Crippen LogP contribution is -1.99. The molecular weight excluding hydrogens is 201 g/mol. The van der Waals surface area contributed by atoms with E-state index in [-0.39, 0.29) is 0 Å². The molecule has 0 atom stereocenters. The van der Waals surface area contributed by atoms with Crippen molar-refractivity contribution in [3.63, 3.8) is 0 Å². The van der Waals surface area contributed by atoms with Gasteiger partial charge in [-0.25, -0.2) is 0 Å². The van der Waals surface area contributed by atoms with Gasteiger partial charge in [0.25, 0.3) is 0 Å². The number of rotatable bonds is 2. The number of hydrogen-bond acceptors (Lipinski definition) is 2. The van der Waals surface area contributed by atoms with Crippen LogP contribution in [0.15, 0.2) is 28.6 Å². The highest BCUT2D eigenvalue weighted by molar-refractivity contribution is 7.80. The first-order valence-corrected chi connectivity index (χ1v) is 5.41. The smallest absolute Gasteiger partial charge is 0.134 e. The molecule has 0 saturated carbocycles. The quantitative estimate of drug-likeness (QED) is 0.432. The molecule has 1 N–H and O–H groups in total. The van der Waals surface area contributed by atoms with Crippen molar-refractivity contribution < 1.29 is 0 Å². The lowest BCUT2D eigenvalue weighted by atomic mass is 9.86. The molecule has 0 aliphatic heterocycles. The molecule has 0 aliphatic rings. The summed E-state index contributed by atoms with van der Waals surface area (Å²) in [4.78, 5) is 0.979. The van der Waals surface area contributed by atoms with Gasteiger partial charge in [-0.2, -0.15) is 0 Å². The number of allylic oxidation sites excluding steroid dienone is 2. The second-order valence-electron chi connectivity index (χ2n) is 4.00. The van der Waals surface area contributed by atoms with Gasteiger partial charge in [-0.05, 0) is 36.6 Å². The predicted octanol–water partition coefficient (Wildman–Crippen LogP) is 2.69. The second kappa shape index (κ2) is 4.71. The number of aryl methyl sites for hydroxylation is 1. The van der Waals surface area contributed by atoms with Crippen LogP contribution in [0, 0.1) is 12.3 Å². The van der Waals surface area contributed by atoms with E-state index < -0.39 is 0 Å². The fourth-order valence-electron chi connectivity index (χ4n) is 1.65. The maximum absolute atomic E-state index is 7.76. The van der Waals surface area contributed by atoms with E-state index in [0.29, 0.717) is 5.71 Å². The van der Waals surface area contributed by atoms with Crippen LogP contribution in [0.5, 0.6) is 0 Å². The monoisotopic (exact) mass is 217 g/mol. The summed E-state index contributed by atoms with van der Waals surface area (Å²) in [6, 6.07) is 6.12. The maximum atomic E-state index is 7.76. The molecule has 0 radical (unpaired) electrons. The Morgan fingerprint density at radius 1 is 1.33 bits per heavy atom. The van der Waals surface area contributed by atoms with E-state index in [9.17, 15) is 0 Å². The zero-order valence-electron chi connectivity index (χ0n) is 9.68. The van der Waals surface area contributed by atoms with Gasteiger partial charge in [0.2, 0.25) is 0 Å². The van der Waals surface area contributed by atoms with Crippen LogP contribution in [0.4, 0.5) is 0 Å². The third-order valence-electron chi connectivity index (χ3n) is 2.37. The van der Waals surface area contributed by atoms with Crippen molar-refractivity contribution in [3.8, 4) is 0 Å². The Kier molecular flexibility index (Phi) is 3.80. The molecule has 78 valence electrons. The molecule has 0 spiro atoms. The van der Waals surface area contributed by atoms with E-state index in [2.05, 4.69) is 18.7 Å². The lowest BCUT2D eigenvalue weighted by Gasteiger charge is -2.10. The van der Waals surface area contributed by atoms with Gasteiger partial charge in [0.05, 0.1) is 0 Å². The summed E-state index contributed by atoms with van der Waals surface area (Å²) in [6.07, 6.45) is 0. The van der Waals surface area contributed by atoms with Crippen molar-refractivity contribution in [1.82, 2.24) is 0 Å². The van der Waals surface area contributed by atoms with Crippen LogP contribution in [0.2, 0.25) is 0 Å². The van der Waals surface area contributed by atoms with Crippen LogP contribution >= 0.6 is 12.6 Å². The van der Waals surface area contributed by atoms with Crippen molar-refractivity contribution in [3.05, 3.63) is 34.8 Å². The van der Waals surface area contributed by atoms with Crippen molar-refractivity contribution in [2.75, 3.05) is 0 Å². The molecule has 0 unspecified atom stereocenters. The van der Waals surface area contributed by atoms with E-state index >= 15 is 0 Å². The van der Waals surface area contributed by atoms with Crippen molar-refractivity contribution >= 4 is 31.8 Å². The minimum absolute atomic E-state index is 0.603. The molecule has 1 aromatic carbocycles. The summed E-state index contributed by atoms with van der Waals surface area (Å²) in [7, 11) is 2.03. The number of hydrogen-bond donors (Lipinski definition) is 2. The molecule has 0 amide bonds. The van der Waals surface area contributed by atoms with E-state index in [1.54, 1.807) is 0 Å². The van der Waals surface area contributed by atoms with E-state index in [1.807, 2.05) is 40.8 Å². The molecule has 1 nitrogen and oxygen atoms in total. The van der Waals surface area contributed by atoms with Crippen molar-refractivity contribution in [1.29, 1.82) is 5.41 Å². The van der Waals surface area contributed by atoms with Gasteiger partial charge in [0.15, 0.2) is 0 Å². The average Bonchev–Trinajstić information content (AvgIpc) is 2.10.